The lowest BCUT2D eigenvalue weighted by molar-refractivity contribution is 0.00193. The lowest BCUT2D eigenvalue weighted by atomic mass is 10.0. The maximum atomic E-state index is 12.0. The Morgan fingerprint density at radius 1 is 1.36 bits per heavy atom. The molecule has 5 heteroatoms. The van der Waals surface area contributed by atoms with Gasteiger partial charge in [0.25, 0.3) is 0 Å². The molecule has 2 aromatic rings. The summed E-state index contributed by atoms with van der Waals surface area (Å²) in [5.41, 5.74) is 1.92. The molecule has 0 spiro atoms. The predicted octanol–water partition coefficient (Wildman–Crippen LogP) is 3.19. The minimum absolute atomic E-state index is 0.117. The van der Waals surface area contributed by atoms with E-state index in [1.165, 1.54) is 0 Å². The van der Waals surface area contributed by atoms with Gasteiger partial charge in [0, 0.05) is 24.6 Å². The van der Waals surface area contributed by atoms with Crippen molar-refractivity contribution in [3.05, 3.63) is 36.1 Å². The zero-order valence-corrected chi connectivity index (χ0v) is 12.8. The Kier molecular flexibility index (Phi) is 4.63. The van der Waals surface area contributed by atoms with Crippen molar-refractivity contribution in [3.8, 4) is 0 Å². The molecule has 3 rings (SSSR count). The van der Waals surface area contributed by atoms with Gasteiger partial charge in [-0.25, -0.2) is 4.79 Å². The number of benzene rings is 1. The molecule has 1 fully saturated rings. The quantitative estimate of drug-likeness (QED) is 0.911. The molecule has 5 nitrogen and oxygen atoms in total. The zero-order valence-electron chi connectivity index (χ0n) is 12.8. The Morgan fingerprint density at radius 3 is 3.14 bits per heavy atom. The normalized spacial score (nSPS) is 21.7. The SMILES string of the molecule is CCC1CC(NC(=O)NCc2ccc3occc3c2)CCO1. The lowest BCUT2D eigenvalue weighted by Crippen LogP contribution is -2.46. The van der Waals surface area contributed by atoms with Crippen LogP contribution in [0.15, 0.2) is 34.9 Å². The Labute approximate surface area is 130 Å². The second-order valence-electron chi connectivity index (χ2n) is 5.74. The van der Waals surface area contributed by atoms with E-state index in [0.29, 0.717) is 6.54 Å². The molecular weight excluding hydrogens is 280 g/mol. The van der Waals surface area contributed by atoms with Crippen LogP contribution < -0.4 is 10.6 Å². The summed E-state index contributed by atoms with van der Waals surface area (Å²) in [4.78, 5) is 12.0. The van der Waals surface area contributed by atoms with Gasteiger partial charge < -0.3 is 19.8 Å². The summed E-state index contributed by atoms with van der Waals surface area (Å²) in [6.07, 6.45) is 4.70. The van der Waals surface area contributed by atoms with Crippen molar-refractivity contribution in [1.29, 1.82) is 0 Å². The largest absolute Gasteiger partial charge is 0.464 e. The molecule has 0 bridgehead atoms. The average molecular weight is 302 g/mol. The molecule has 2 unspecified atom stereocenters. The number of furan rings is 1. The summed E-state index contributed by atoms with van der Waals surface area (Å²) in [5.74, 6) is 0. The highest BCUT2D eigenvalue weighted by Crippen LogP contribution is 2.17. The van der Waals surface area contributed by atoms with Gasteiger partial charge in [-0.05, 0) is 43.0 Å². The van der Waals surface area contributed by atoms with E-state index in [4.69, 9.17) is 9.15 Å². The minimum Gasteiger partial charge on any atom is -0.464 e. The van der Waals surface area contributed by atoms with E-state index in [0.717, 1.165) is 42.4 Å². The van der Waals surface area contributed by atoms with Gasteiger partial charge in [0.15, 0.2) is 0 Å². The molecule has 0 saturated carbocycles. The van der Waals surface area contributed by atoms with Gasteiger partial charge in [-0.1, -0.05) is 13.0 Å². The van der Waals surface area contributed by atoms with Crippen LogP contribution in [-0.4, -0.2) is 24.8 Å². The smallest absolute Gasteiger partial charge is 0.315 e. The Bertz CT molecular complexity index is 638. The first-order chi connectivity index (χ1) is 10.7. The van der Waals surface area contributed by atoms with E-state index >= 15 is 0 Å². The molecule has 1 saturated heterocycles. The van der Waals surface area contributed by atoms with Crippen molar-refractivity contribution < 1.29 is 13.9 Å². The van der Waals surface area contributed by atoms with Crippen LogP contribution in [0.25, 0.3) is 11.0 Å². The summed E-state index contributed by atoms with van der Waals surface area (Å²) < 4.78 is 10.9. The molecule has 22 heavy (non-hydrogen) atoms. The van der Waals surface area contributed by atoms with Crippen LogP contribution in [0.3, 0.4) is 0 Å². The molecule has 118 valence electrons. The fourth-order valence-corrected chi connectivity index (χ4v) is 2.84. The fourth-order valence-electron chi connectivity index (χ4n) is 2.84. The molecule has 2 atom stereocenters. The van der Waals surface area contributed by atoms with Gasteiger partial charge >= 0.3 is 6.03 Å². The fraction of sp³-hybridized carbons (Fsp3) is 0.471. The maximum Gasteiger partial charge on any atom is 0.315 e. The van der Waals surface area contributed by atoms with E-state index in [-0.39, 0.29) is 18.2 Å². The number of amides is 2. The Hall–Kier alpha value is -2.01. The summed E-state index contributed by atoms with van der Waals surface area (Å²) in [6.45, 7) is 3.34. The number of hydrogen-bond acceptors (Lipinski definition) is 3. The number of urea groups is 1. The summed E-state index contributed by atoms with van der Waals surface area (Å²) in [6, 6.07) is 7.93. The van der Waals surface area contributed by atoms with Gasteiger partial charge in [0.05, 0.1) is 12.4 Å². The van der Waals surface area contributed by atoms with Crippen LogP contribution in [0.5, 0.6) is 0 Å². The summed E-state index contributed by atoms with van der Waals surface area (Å²) in [7, 11) is 0. The standard InChI is InChI=1S/C17H22N2O3/c1-2-15-10-14(6-8-21-15)19-17(20)18-11-12-3-4-16-13(9-12)5-7-22-16/h3-5,7,9,14-15H,2,6,8,10-11H2,1H3,(H2,18,19,20). The van der Waals surface area contributed by atoms with Gasteiger partial charge in [-0.15, -0.1) is 0 Å². The second-order valence-corrected chi connectivity index (χ2v) is 5.74. The average Bonchev–Trinajstić information content (AvgIpc) is 3.00. The van der Waals surface area contributed by atoms with Crippen LogP contribution in [0.1, 0.15) is 31.7 Å². The third-order valence-electron chi connectivity index (χ3n) is 4.13. The number of nitrogens with one attached hydrogen (secondary N) is 2. The van der Waals surface area contributed by atoms with Crippen molar-refractivity contribution in [2.24, 2.45) is 0 Å². The molecule has 2 heterocycles. The van der Waals surface area contributed by atoms with Crippen LogP contribution in [0.4, 0.5) is 4.79 Å². The Balaban J connectivity index is 1.49. The molecule has 2 amide bonds. The van der Waals surface area contributed by atoms with Gasteiger partial charge in [-0.2, -0.15) is 0 Å². The summed E-state index contributed by atoms with van der Waals surface area (Å²) in [5, 5.41) is 7.00. The minimum atomic E-state index is -0.117. The number of carbonyl (C=O) groups is 1. The van der Waals surface area contributed by atoms with E-state index in [1.54, 1.807) is 6.26 Å². The van der Waals surface area contributed by atoms with Gasteiger partial charge in [0.1, 0.15) is 5.58 Å². The van der Waals surface area contributed by atoms with Crippen molar-refractivity contribution in [3.63, 3.8) is 0 Å². The highest BCUT2D eigenvalue weighted by atomic mass is 16.5. The summed E-state index contributed by atoms with van der Waals surface area (Å²) >= 11 is 0. The van der Waals surface area contributed by atoms with E-state index < -0.39 is 0 Å². The zero-order chi connectivity index (χ0) is 15.4. The molecule has 1 aromatic heterocycles. The van der Waals surface area contributed by atoms with Crippen LogP contribution in [0.2, 0.25) is 0 Å². The van der Waals surface area contributed by atoms with E-state index in [2.05, 4.69) is 17.6 Å². The molecule has 2 N–H and O–H groups in total. The highest BCUT2D eigenvalue weighted by Gasteiger charge is 2.22. The first-order valence-corrected chi connectivity index (χ1v) is 7.86. The molecule has 1 aliphatic heterocycles. The van der Waals surface area contributed by atoms with Crippen LogP contribution in [0, 0.1) is 0 Å². The predicted molar refractivity (Wildman–Crippen MR) is 84.6 cm³/mol. The molecule has 0 aliphatic carbocycles. The Morgan fingerprint density at radius 2 is 2.27 bits per heavy atom. The second kappa shape index (κ2) is 6.83. The van der Waals surface area contributed by atoms with Crippen molar-refractivity contribution in [2.45, 2.75) is 44.9 Å². The lowest BCUT2D eigenvalue weighted by Gasteiger charge is -2.29. The number of hydrogen-bond donors (Lipinski definition) is 2. The van der Waals surface area contributed by atoms with Gasteiger partial charge in [-0.3, -0.25) is 0 Å². The first kappa shape index (κ1) is 14.9. The van der Waals surface area contributed by atoms with Crippen LogP contribution >= 0.6 is 0 Å². The van der Waals surface area contributed by atoms with Crippen molar-refractivity contribution >= 4 is 17.0 Å². The monoisotopic (exact) mass is 302 g/mol. The molecular formula is C17H22N2O3. The van der Waals surface area contributed by atoms with E-state index in [1.807, 2.05) is 24.3 Å². The topological polar surface area (TPSA) is 63.5 Å². The van der Waals surface area contributed by atoms with Crippen molar-refractivity contribution in [1.82, 2.24) is 10.6 Å². The van der Waals surface area contributed by atoms with Gasteiger partial charge in [0.2, 0.25) is 0 Å². The molecule has 0 radical (unpaired) electrons. The number of carbonyl (C=O) groups excluding carboxylic acids is 1. The third-order valence-corrected chi connectivity index (χ3v) is 4.13. The van der Waals surface area contributed by atoms with Crippen LogP contribution in [-0.2, 0) is 11.3 Å². The number of rotatable bonds is 4. The molecule has 1 aromatic carbocycles. The number of ether oxygens (including phenoxy) is 1. The molecule has 1 aliphatic rings. The van der Waals surface area contributed by atoms with E-state index in [9.17, 15) is 4.79 Å². The first-order valence-electron chi connectivity index (χ1n) is 7.86. The maximum absolute atomic E-state index is 12.0. The third kappa shape index (κ3) is 3.60. The highest BCUT2D eigenvalue weighted by molar-refractivity contribution is 5.78. The van der Waals surface area contributed by atoms with Crippen molar-refractivity contribution in [2.75, 3.05) is 6.61 Å². The number of fused-ring (bicyclic) bond motifs is 1.